The number of benzene rings is 2. The molecule has 5 nitrogen and oxygen atoms in total. The number of carbonyl (C=O) groups is 1. The predicted molar refractivity (Wildman–Crippen MR) is 101 cm³/mol. The normalized spacial score (nSPS) is 15.3. The van der Waals surface area contributed by atoms with E-state index >= 15 is 0 Å². The van der Waals surface area contributed by atoms with Gasteiger partial charge < -0.3 is 9.88 Å². The largest absolute Gasteiger partial charge is 0.325 e. The molecule has 1 heterocycles. The van der Waals surface area contributed by atoms with Crippen LogP contribution in [0.15, 0.2) is 47.6 Å². The summed E-state index contributed by atoms with van der Waals surface area (Å²) in [5, 5.41) is 14.2. The topological polar surface area (TPSA) is 59.8 Å². The molecule has 1 aliphatic rings. The molecule has 128 valence electrons. The van der Waals surface area contributed by atoms with Crippen molar-refractivity contribution in [2.75, 3.05) is 5.32 Å². The van der Waals surface area contributed by atoms with Crippen LogP contribution in [-0.2, 0) is 4.79 Å². The van der Waals surface area contributed by atoms with E-state index in [1.165, 1.54) is 24.6 Å². The van der Waals surface area contributed by atoms with Crippen LogP contribution in [0.25, 0.3) is 10.8 Å². The third-order valence-corrected chi connectivity index (χ3v) is 5.50. The highest BCUT2D eigenvalue weighted by Crippen LogP contribution is 2.39. The molecule has 0 spiro atoms. The van der Waals surface area contributed by atoms with Crippen LogP contribution in [0.2, 0.25) is 0 Å². The molecule has 1 saturated carbocycles. The Morgan fingerprint density at radius 1 is 1.20 bits per heavy atom. The Hall–Kier alpha value is -2.34. The Balaban J connectivity index is 1.51. The van der Waals surface area contributed by atoms with Gasteiger partial charge in [-0.1, -0.05) is 48.2 Å². The van der Waals surface area contributed by atoms with Gasteiger partial charge in [0.25, 0.3) is 0 Å². The van der Waals surface area contributed by atoms with Gasteiger partial charge in [-0.15, -0.1) is 10.2 Å². The lowest BCUT2D eigenvalue weighted by molar-refractivity contribution is -0.115. The minimum Gasteiger partial charge on any atom is -0.325 e. The summed E-state index contributed by atoms with van der Waals surface area (Å²) >= 11 is 1.47. The highest BCUT2D eigenvalue weighted by molar-refractivity contribution is 8.00. The zero-order chi connectivity index (χ0) is 17.4. The van der Waals surface area contributed by atoms with Gasteiger partial charge in [0.15, 0.2) is 5.16 Å². The second-order valence-electron chi connectivity index (χ2n) is 6.41. The number of aromatic nitrogens is 3. The van der Waals surface area contributed by atoms with Crippen molar-refractivity contribution in [3.8, 4) is 0 Å². The molecule has 1 amide bonds. The number of fused-ring (bicyclic) bond motifs is 1. The number of nitrogens with one attached hydrogen (secondary N) is 1. The monoisotopic (exact) mass is 352 g/mol. The smallest absolute Gasteiger partial charge is 0.237 e. The molecule has 0 radical (unpaired) electrons. The standard InChI is InChI=1S/C19H20N4OS/c1-12(25-19-22-21-13(2)23(19)15-10-11-15)18(24)20-17-9-5-7-14-6-3-4-8-16(14)17/h3-9,12,15H,10-11H2,1-2H3,(H,20,24)/t12-/m0/s1. The van der Waals surface area contributed by atoms with E-state index in [4.69, 9.17) is 0 Å². The number of nitrogens with zero attached hydrogens (tertiary/aromatic N) is 3. The van der Waals surface area contributed by atoms with Crippen molar-refractivity contribution in [3.05, 3.63) is 48.3 Å². The molecule has 1 atom stereocenters. The van der Waals surface area contributed by atoms with Crippen LogP contribution in [0, 0.1) is 6.92 Å². The van der Waals surface area contributed by atoms with Crippen LogP contribution in [0.3, 0.4) is 0 Å². The fraction of sp³-hybridized carbons (Fsp3) is 0.316. The summed E-state index contributed by atoms with van der Waals surface area (Å²) in [6.07, 6.45) is 2.34. The molecular formula is C19H20N4OS. The minimum atomic E-state index is -0.250. The fourth-order valence-corrected chi connectivity index (χ4v) is 3.93. The Labute approximate surface area is 150 Å². The van der Waals surface area contributed by atoms with Crippen LogP contribution in [0.4, 0.5) is 5.69 Å². The minimum absolute atomic E-state index is 0.0237. The molecule has 25 heavy (non-hydrogen) atoms. The van der Waals surface area contributed by atoms with Gasteiger partial charge >= 0.3 is 0 Å². The number of hydrogen-bond acceptors (Lipinski definition) is 4. The van der Waals surface area contributed by atoms with Gasteiger partial charge in [0, 0.05) is 17.1 Å². The summed E-state index contributed by atoms with van der Waals surface area (Å²) < 4.78 is 2.16. The third kappa shape index (κ3) is 3.26. The van der Waals surface area contributed by atoms with E-state index in [0.29, 0.717) is 6.04 Å². The van der Waals surface area contributed by atoms with Crippen LogP contribution in [0.5, 0.6) is 0 Å². The average molecular weight is 352 g/mol. The first kappa shape index (κ1) is 16.1. The summed E-state index contributed by atoms with van der Waals surface area (Å²) in [5.41, 5.74) is 0.843. The van der Waals surface area contributed by atoms with E-state index in [-0.39, 0.29) is 11.2 Å². The predicted octanol–water partition coefficient (Wildman–Crippen LogP) is 4.19. The van der Waals surface area contributed by atoms with Crippen molar-refractivity contribution in [1.29, 1.82) is 0 Å². The number of thioether (sulfide) groups is 1. The maximum Gasteiger partial charge on any atom is 0.237 e. The number of hydrogen-bond donors (Lipinski definition) is 1. The second-order valence-corrected chi connectivity index (χ2v) is 7.71. The summed E-state index contributed by atoms with van der Waals surface area (Å²) in [5.74, 6) is 0.899. The van der Waals surface area contributed by atoms with Gasteiger partial charge in [-0.3, -0.25) is 4.79 Å². The van der Waals surface area contributed by atoms with Crippen LogP contribution >= 0.6 is 11.8 Å². The van der Waals surface area contributed by atoms with Crippen molar-refractivity contribution >= 4 is 34.1 Å². The molecule has 3 aromatic rings. The van der Waals surface area contributed by atoms with Crippen LogP contribution in [0.1, 0.15) is 31.6 Å². The molecule has 6 heteroatoms. The summed E-state index contributed by atoms with van der Waals surface area (Å²) in [7, 11) is 0. The van der Waals surface area contributed by atoms with E-state index < -0.39 is 0 Å². The van der Waals surface area contributed by atoms with E-state index in [9.17, 15) is 4.79 Å². The Kier molecular flexibility index (Phi) is 4.21. The number of carbonyl (C=O) groups excluding carboxylic acids is 1. The van der Waals surface area contributed by atoms with Gasteiger partial charge in [0.1, 0.15) is 5.82 Å². The van der Waals surface area contributed by atoms with Gasteiger partial charge in [0.2, 0.25) is 5.91 Å². The number of rotatable bonds is 5. The van der Waals surface area contributed by atoms with Crippen LogP contribution in [-0.4, -0.2) is 25.9 Å². The molecule has 0 aliphatic heterocycles. The second kappa shape index (κ2) is 6.52. The van der Waals surface area contributed by atoms with Gasteiger partial charge in [0.05, 0.1) is 5.25 Å². The quantitative estimate of drug-likeness (QED) is 0.699. The number of amides is 1. The number of anilines is 1. The maximum atomic E-state index is 12.7. The van der Waals surface area contributed by atoms with Crippen LogP contribution < -0.4 is 5.32 Å². The van der Waals surface area contributed by atoms with E-state index in [0.717, 1.165) is 27.4 Å². The maximum absolute atomic E-state index is 12.7. The average Bonchev–Trinajstić information content (AvgIpc) is 3.39. The first-order valence-electron chi connectivity index (χ1n) is 8.50. The molecule has 1 fully saturated rings. The lowest BCUT2D eigenvalue weighted by atomic mass is 10.1. The Bertz CT molecular complexity index is 927. The van der Waals surface area contributed by atoms with Gasteiger partial charge in [-0.05, 0) is 38.1 Å². The molecule has 0 bridgehead atoms. The summed E-state index contributed by atoms with van der Waals surface area (Å²) in [6, 6.07) is 14.5. The first-order chi connectivity index (χ1) is 12.1. The molecule has 2 aromatic carbocycles. The Morgan fingerprint density at radius 3 is 2.76 bits per heavy atom. The zero-order valence-electron chi connectivity index (χ0n) is 14.3. The van der Waals surface area contributed by atoms with Crippen molar-refractivity contribution in [2.45, 2.75) is 43.1 Å². The van der Waals surface area contributed by atoms with Crippen molar-refractivity contribution in [1.82, 2.24) is 14.8 Å². The molecule has 1 aliphatic carbocycles. The van der Waals surface area contributed by atoms with E-state index in [1.54, 1.807) is 0 Å². The van der Waals surface area contributed by atoms with Crippen molar-refractivity contribution in [2.24, 2.45) is 0 Å². The molecule has 1 N–H and O–H groups in total. The Morgan fingerprint density at radius 2 is 1.96 bits per heavy atom. The van der Waals surface area contributed by atoms with E-state index in [2.05, 4.69) is 20.1 Å². The van der Waals surface area contributed by atoms with E-state index in [1.807, 2.05) is 56.3 Å². The van der Waals surface area contributed by atoms with Crippen molar-refractivity contribution < 1.29 is 4.79 Å². The van der Waals surface area contributed by atoms with Gasteiger partial charge in [-0.25, -0.2) is 0 Å². The molecule has 0 saturated heterocycles. The molecule has 4 rings (SSSR count). The lowest BCUT2D eigenvalue weighted by Gasteiger charge is -2.14. The third-order valence-electron chi connectivity index (χ3n) is 4.45. The zero-order valence-corrected chi connectivity index (χ0v) is 15.1. The molecule has 0 unspecified atom stereocenters. The fourth-order valence-electron chi connectivity index (χ4n) is 2.96. The lowest BCUT2D eigenvalue weighted by Crippen LogP contribution is -2.23. The SMILES string of the molecule is Cc1nnc(S[C@@H](C)C(=O)Nc2cccc3ccccc23)n1C1CC1. The van der Waals surface area contributed by atoms with Gasteiger partial charge in [-0.2, -0.15) is 0 Å². The summed E-state index contributed by atoms with van der Waals surface area (Å²) in [4.78, 5) is 12.7. The molecular weight excluding hydrogens is 332 g/mol. The number of aryl methyl sites for hydroxylation is 1. The highest BCUT2D eigenvalue weighted by Gasteiger charge is 2.29. The highest BCUT2D eigenvalue weighted by atomic mass is 32.2. The molecule has 1 aromatic heterocycles. The van der Waals surface area contributed by atoms with Crippen molar-refractivity contribution in [3.63, 3.8) is 0 Å². The first-order valence-corrected chi connectivity index (χ1v) is 9.38. The summed E-state index contributed by atoms with van der Waals surface area (Å²) in [6.45, 7) is 3.88.